The van der Waals surface area contributed by atoms with Crippen molar-refractivity contribution in [1.29, 1.82) is 0 Å². The predicted molar refractivity (Wildman–Crippen MR) is 136 cm³/mol. The maximum absolute atomic E-state index is 12.4. The number of carbonyl (C=O) groups is 1. The van der Waals surface area contributed by atoms with Crippen LogP contribution in [0.25, 0.3) is 39.1 Å². The van der Waals surface area contributed by atoms with E-state index in [1.54, 1.807) is 0 Å². The predicted octanol–water partition coefficient (Wildman–Crippen LogP) is 5.48. The summed E-state index contributed by atoms with van der Waals surface area (Å²) in [6, 6.07) is 19.8. The number of aromatic nitrogens is 2. The van der Waals surface area contributed by atoms with Crippen LogP contribution in [0.2, 0.25) is 5.02 Å². The minimum absolute atomic E-state index is 0.186. The zero-order chi connectivity index (χ0) is 24.5. The summed E-state index contributed by atoms with van der Waals surface area (Å²) in [6.07, 6.45) is 2.69. The summed E-state index contributed by atoms with van der Waals surface area (Å²) in [5, 5.41) is 34.2. The first kappa shape index (κ1) is 22.3. The fourth-order valence-electron chi connectivity index (χ4n) is 3.94. The highest BCUT2D eigenvalue weighted by molar-refractivity contribution is 6.30. The summed E-state index contributed by atoms with van der Waals surface area (Å²) < 4.78 is 0. The Labute approximate surface area is 205 Å². The summed E-state index contributed by atoms with van der Waals surface area (Å²) >= 11 is 6.07. The Morgan fingerprint density at radius 3 is 2.43 bits per heavy atom. The van der Waals surface area contributed by atoms with Gasteiger partial charge in [0.25, 0.3) is 0 Å². The lowest BCUT2D eigenvalue weighted by molar-refractivity contribution is -0.116. The Morgan fingerprint density at radius 1 is 0.971 bits per heavy atom. The van der Waals surface area contributed by atoms with Crippen LogP contribution in [0, 0.1) is 0 Å². The summed E-state index contributed by atoms with van der Waals surface area (Å²) in [5.41, 5.74) is 4.57. The lowest BCUT2D eigenvalue weighted by atomic mass is 10.1. The molecule has 0 radical (unpaired) electrons. The van der Waals surface area contributed by atoms with Crippen LogP contribution in [0.4, 0.5) is 0 Å². The average molecular weight is 486 g/mol. The number of nitrogens with one attached hydrogen (secondary N) is 2. The number of carbonyl (C=O) groups excluding carboxylic acids is 1. The fraction of sp³-hybridized carbons (Fsp3) is 0.0370. The third kappa shape index (κ3) is 4.49. The number of rotatable bonds is 5. The standard InChI is InChI=1S/C27H20ClN3O4/c28-17-8-6-16(7-9-17)25-26-20(19-3-1-2-4-21(19)31-26)13-18(30-25)14-29-24(34)10-5-15-11-22(32)27(35)23(33)12-15/h1-13,31-33,35H,14H2,(H,29,34)/b10-5+. The second-order valence-electron chi connectivity index (χ2n) is 8.02. The SMILES string of the molecule is O=C(/C=C/c1cc(O)c(O)c(O)c1)NCc1cc2c([nH]c3ccccc32)c(-c2ccc(Cl)cc2)n1. The Hall–Kier alpha value is -4.49. The largest absolute Gasteiger partial charge is 0.504 e. The summed E-state index contributed by atoms with van der Waals surface area (Å²) in [6.45, 7) is 0.186. The van der Waals surface area contributed by atoms with Crippen molar-refractivity contribution in [3.8, 4) is 28.5 Å². The van der Waals surface area contributed by atoms with Crippen molar-refractivity contribution in [2.45, 2.75) is 6.54 Å². The number of pyridine rings is 1. The highest BCUT2D eigenvalue weighted by Crippen LogP contribution is 2.36. The Balaban J connectivity index is 1.44. The lowest BCUT2D eigenvalue weighted by Crippen LogP contribution is -2.21. The van der Waals surface area contributed by atoms with Gasteiger partial charge < -0.3 is 25.6 Å². The van der Waals surface area contributed by atoms with E-state index in [2.05, 4.69) is 10.3 Å². The number of nitrogens with zero attached hydrogens (tertiary/aromatic N) is 1. The van der Waals surface area contributed by atoms with E-state index in [1.807, 2.05) is 54.6 Å². The monoisotopic (exact) mass is 485 g/mol. The number of aromatic amines is 1. The molecule has 35 heavy (non-hydrogen) atoms. The van der Waals surface area contributed by atoms with Gasteiger partial charge in [0.2, 0.25) is 5.91 Å². The molecule has 0 aliphatic carbocycles. The van der Waals surface area contributed by atoms with E-state index in [0.717, 1.165) is 33.1 Å². The highest BCUT2D eigenvalue weighted by Gasteiger charge is 2.14. The van der Waals surface area contributed by atoms with Gasteiger partial charge in [-0.3, -0.25) is 4.79 Å². The number of hydrogen-bond acceptors (Lipinski definition) is 5. The van der Waals surface area contributed by atoms with Gasteiger partial charge >= 0.3 is 0 Å². The van der Waals surface area contributed by atoms with Crippen LogP contribution in [0.3, 0.4) is 0 Å². The van der Waals surface area contributed by atoms with Gasteiger partial charge in [0.15, 0.2) is 17.2 Å². The molecule has 3 aromatic carbocycles. The number of H-pyrrole nitrogens is 1. The number of phenols is 3. The molecule has 5 N–H and O–H groups in total. The smallest absolute Gasteiger partial charge is 0.244 e. The number of hydrogen-bond donors (Lipinski definition) is 5. The summed E-state index contributed by atoms with van der Waals surface area (Å²) in [5.74, 6) is -1.94. The molecule has 7 nitrogen and oxygen atoms in total. The number of fused-ring (bicyclic) bond motifs is 3. The average Bonchev–Trinajstić information content (AvgIpc) is 3.23. The molecule has 5 aromatic rings. The molecular formula is C27H20ClN3O4. The molecule has 1 amide bonds. The number of halogens is 1. The lowest BCUT2D eigenvalue weighted by Gasteiger charge is -2.08. The topological polar surface area (TPSA) is 118 Å². The molecule has 0 unspecified atom stereocenters. The molecule has 0 aliphatic heterocycles. The van der Waals surface area contributed by atoms with E-state index in [-0.39, 0.29) is 12.5 Å². The molecule has 2 heterocycles. The molecule has 8 heteroatoms. The molecule has 174 valence electrons. The van der Waals surface area contributed by atoms with Gasteiger partial charge in [0.1, 0.15) is 0 Å². The Morgan fingerprint density at radius 2 is 1.69 bits per heavy atom. The van der Waals surface area contributed by atoms with Crippen molar-refractivity contribution in [3.05, 3.63) is 89.1 Å². The van der Waals surface area contributed by atoms with Crippen LogP contribution < -0.4 is 5.32 Å². The number of para-hydroxylation sites is 1. The van der Waals surface area contributed by atoms with Crippen molar-refractivity contribution in [2.75, 3.05) is 0 Å². The van der Waals surface area contributed by atoms with Crippen LogP contribution in [0.5, 0.6) is 17.2 Å². The van der Waals surface area contributed by atoms with E-state index >= 15 is 0 Å². The second-order valence-corrected chi connectivity index (χ2v) is 8.46. The van der Waals surface area contributed by atoms with Crippen LogP contribution in [0.1, 0.15) is 11.3 Å². The number of phenolic OH excluding ortho intramolecular Hbond substituents is 3. The van der Waals surface area contributed by atoms with E-state index < -0.39 is 17.2 Å². The number of amides is 1. The molecule has 0 atom stereocenters. The molecule has 5 rings (SSSR count). The minimum Gasteiger partial charge on any atom is -0.504 e. The molecule has 0 saturated carbocycles. The Kier molecular flexibility index (Phi) is 5.76. The highest BCUT2D eigenvalue weighted by atomic mass is 35.5. The second kappa shape index (κ2) is 9.04. The van der Waals surface area contributed by atoms with Gasteiger partial charge in [-0.2, -0.15) is 0 Å². The van der Waals surface area contributed by atoms with Crippen LogP contribution in [0.15, 0.2) is 72.8 Å². The van der Waals surface area contributed by atoms with Crippen molar-refractivity contribution >= 4 is 45.4 Å². The molecule has 0 fully saturated rings. The maximum Gasteiger partial charge on any atom is 0.244 e. The number of aromatic hydroxyl groups is 3. The Bertz CT molecular complexity index is 1580. The molecule has 0 bridgehead atoms. The fourth-order valence-corrected chi connectivity index (χ4v) is 4.06. The zero-order valence-corrected chi connectivity index (χ0v) is 19.0. The first-order chi connectivity index (χ1) is 16.9. The van der Waals surface area contributed by atoms with Crippen molar-refractivity contribution in [2.24, 2.45) is 0 Å². The van der Waals surface area contributed by atoms with Gasteiger partial charge in [-0.05, 0) is 48.0 Å². The van der Waals surface area contributed by atoms with Gasteiger partial charge in [0.05, 0.1) is 23.4 Å². The van der Waals surface area contributed by atoms with Crippen molar-refractivity contribution in [3.63, 3.8) is 0 Å². The van der Waals surface area contributed by atoms with E-state index in [4.69, 9.17) is 16.6 Å². The molecule has 0 spiro atoms. The van der Waals surface area contributed by atoms with Gasteiger partial charge in [-0.25, -0.2) is 4.98 Å². The quantitative estimate of drug-likeness (QED) is 0.167. The molecule has 2 aromatic heterocycles. The number of benzene rings is 3. The van der Waals surface area contributed by atoms with Gasteiger partial charge in [-0.15, -0.1) is 0 Å². The maximum atomic E-state index is 12.4. The van der Waals surface area contributed by atoms with E-state index in [0.29, 0.717) is 16.3 Å². The van der Waals surface area contributed by atoms with Gasteiger partial charge in [-0.1, -0.05) is 41.9 Å². The third-order valence-electron chi connectivity index (χ3n) is 5.63. The van der Waals surface area contributed by atoms with Crippen LogP contribution in [-0.2, 0) is 11.3 Å². The minimum atomic E-state index is -0.609. The molecule has 0 aliphatic rings. The van der Waals surface area contributed by atoms with Crippen LogP contribution in [-0.4, -0.2) is 31.2 Å². The van der Waals surface area contributed by atoms with Crippen molar-refractivity contribution in [1.82, 2.24) is 15.3 Å². The third-order valence-corrected chi connectivity index (χ3v) is 5.88. The summed E-state index contributed by atoms with van der Waals surface area (Å²) in [4.78, 5) is 20.7. The molecule has 0 saturated heterocycles. The first-order valence-corrected chi connectivity index (χ1v) is 11.1. The van der Waals surface area contributed by atoms with E-state index in [9.17, 15) is 20.1 Å². The molecular weight excluding hydrogens is 466 g/mol. The summed E-state index contributed by atoms with van der Waals surface area (Å²) in [7, 11) is 0. The van der Waals surface area contributed by atoms with Crippen molar-refractivity contribution < 1.29 is 20.1 Å². The first-order valence-electron chi connectivity index (χ1n) is 10.8. The van der Waals surface area contributed by atoms with E-state index in [1.165, 1.54) is 24.3 Å². The zero-order valence-electron chi connectivity index (χ0n) is 18.3. The van der Waals surface area contributed by atoms with Gasteiger partial charge in [0, 0.05) is 33.0 Å². The normalized spacial score (nSPS) is 11.5. The van der Waals surface area contributed by atoms with Crippen LogP contribution >= 0.6 is 11.6 Å².